The predicted octanol–water partition coefficient (Wildman–Crippen LogP) is 4.25. The largest absolute Gasteiger partial charge is 0.489 e. The zero-order valence-corrected chi connectivity index (χ0v) is 16.6. The van der Waals surface area contributed by atoms with Crippen molar-refractivity contribution in [3.05, 3.63) is 35.7 Å². The standard InChI is InChI=1S/C22H34N2O2/c1-17(2)18-6-4-11-24(13-10-18)12-5-7-19-8-9-20(16-23-19)26-22-14-21(15-22)25-3/h6,8-9,16-17,21-22H,4-5,7,10-15H2,1-3H3. The lowest BCUT2D eigenvalue weighted by Crippen LogP contribution is -2.38. The Hall–Kier alpha value is -1.39. The van der Waals surface area contributed by atoms with Gasteiger partial charge in [0, 0.05) is 38.7 Å². The smallest absolute Gasteiger partial charge is 0.138 e. The van der Waals surface area contributed by atoms with Crippen molar-refractivity contribution in [1.29, 1.82) is 0 Å². The van der Waals surface area contributed by atoms with E-state index in [1.807, 2.05) is 6.20 Å². The highest BCUT2D eigenvalue weighted by Crippen LogP contribution is 2.27. The number of nitrogens with zero attached hydrogens (tertiary/aromatic N) is 2. The average molecular weight is 359 g/mol. The first-order valence-electron chi connectivity index (χ1n) is 10.2. The van der Waals surface area contributed by atoms with Crippen LogP contribution < -0.4 is 4.74 Å². The molecule has 4 heteroatoms. The van der Waals surface area contributed by atoms with Crippen LogP contribution in [-0.2, 0) is 11.2 Å². The molecule has 1 fully saturated rings. The number of hydrogen-bond acceptors (Lipinski definition) is 4. The quantitative estimate of drug-likeness (QED) is 0.651. The summed E-state index contributed by atoms with van der Waals surface area (Å²) in [5, 5.41) is 0. The zero-order chi connectivity index (χ0) is 18.4. The summed E-state index contributed by atoms with van der Waals surface area (Å²) in [6.45, 7) is 8.18. The molecule has 0 spiro atoms. The van der Waals surface area contributed by atoms with Gasteiger partial charge in [-0.25, -0.2) is 0 Å². The molecule has 0 radical (unpaired) electrons. The first-order valence-corrected chi connectivity index (χ1v) is 10.2. The number of methoxy groups -OCH3 is 1. The summed E-state index contributed by atoms with van der Waals surface area (Å²) in [7, 11) is 1.77. The molecule has 2 heterocycles. The Labute approximate surface area is 158 Å². The van der Waals surface area contributed by atoms with E-state index < -0.39 is 0 Å². The molecule has 0 saturated heterocycles. The van der Waals surface area contributed by atoms with Crippen LogP contribution in [-0.4, -0.2) is 48.8 Å². The third-order valence-corrected chi connectivity index (χ3v) is 5.70. The van der Waals surface area contributed by atoms with E-state index in [4.69, 9.17) is 9.47 Å². The first-order chi connectivity index (χ1) is 12.6. The lowest BCUT2D eigenvalue weighted by Gasteiger charge is -2.34. The Morgan fingerprint density at radius 3 is 2.73 bits per heavy atom. The van der Waals surface area contributed by atoms with Crippen LogP contribution in [0.3, 0.4) is 0 Å². The molecule has 0 atom stereocenters. The molecule has 144 valence electrons. The summed E-state index contributed by atoms with van der Waals surface area (Å²) in [6, 6.07) is 4.18. The highest BCUT2D eigenvalue weighted by molar-refractivity contribution is 5.20. The van der Waals surface area contributed by atoms with E-state index in [-0.39, 0.29) is 0 Å². The summed E-state index contributed by atoms with van der Waals surface area (Å²) in [6.07, 6.45) is 11.6. The number of ether oxygens (including phenoxy) is 2. The van der Waals surface area contributed by atoms with Crippen molar-refractivity contribution in [1.82, 2.24) is 9.88 Å². The second kappa shape index (κ2) is 9.52. The Kier molecular flexibility index (Phi) is 7.09. The van der Waals surface area contributed by atoms with Crippen molar-refractivity contribution in [2.75, 3.05) is 26.7 Å². The molecule has 0 bridgehead atoms. The topological polar surface area (TPSA) is 34.6 Å². The minimum Gasteiger partial charge on any atom is -0.489 e. The molecule has 1 saturated carbocycles. The maximum absolute atomic E-state index is 5.92. The van der Waals surface area contributed by atoms with Gasteiger partial charge in [0.15, 0.2) is 0 Å². The molecule has 1 aromatic rings. The molecule has 0 aromatic carbocycles. The van der Waals surface area contributed by atoms with Gasteiger partial charge in [-0.15, -0.1) is 0 Å². The third kappa shape index (κ3) is 5.55. The Morgan fingerprint density at radius 2 is 2.04 bits per heavy atom. The molecular weight excluding hydrogens is 324 g/mol. The zero-order valence-electron chi connectivity index (χ0n) is 16.6. The summed E-state index contributed by atoms with van der Waals surface area (Å²) in [4.78, 5) is 7.18. The van der Waals surface area contributed by atoms with Crippen molar-refractivity contribution in [2.24, 2.45) is 5.92 Å². The molecule has 3 rings (SSSR count). The Morgan fingerprint density at radius 1 is 1.19 bits per heavy atom. The van der Waals surface area contributed by atoms with Crippen LogP contribution in [0.2, 0.25) is 0 Å². The van der Waals surface area contributed by atoms with Crippen molar-refractivity contribution in [2.45, 2.75) is 64.6 Å². The lowest BCUT2D eigenvalue weighted by molar-refractivity contribution is -0.0382. The highest BCUT2D eigenvalue weighted by atomic mass is 16.5. The first kappa shape index (κ1) is 19.4. The van der Waals surface area contributed by atoms with Crippen molar-refractivity contribution in [3.63, 3.8) is 0 Å². The summed E-state index contributed by atoms with van der Waals surface area (Å²) in [5.74, 6) is 1.58. The summed E-state index contributed by atoms with van der Waals surface area (Å²) < 4.78 is 11.2. The van der Waals surface area contributed by atoms with Gasteiger partial charge in [0.2, 0.25) is 0 Å². The van der Waals surface area contributed by atoms with E-state index in [2.05, 4.69) is 41.9 Å². The van der Waals surface area contributed by atoms with Crippen LogP contribution in [0.4, 0.5) is 0 Å². The van der Waals surface area contributed by atoms with E-state index in [9.17, 15) is 0 Å². The van der Waals surface area contributed by atoms with Crippen LogP contribution in [0.1, 0.15) is 51.6 Å². The Bertz CT molecular complexity index is 576. The van der Waals surface area contributed by atoms with Gasteiger partial charge >= 0.3 is 0 Å². The van der Waals surface area contributed by atoms with Crippen LogP contribution >= 0.6 is 0 Å². The molecule has 0 amide bonds. The average Bonchev–Trinajstić information content (AvgIpc) is 2.85. The molecule has 0 N–H and O–H groups in total. The van der Waals surface area contributed by atoms with Gasteiger partial charge in [0.1, 0.15) is 11.9 Å². The lowest BCUT2D eigenvalue weighted by atomic mass is 9.92. The van der Waals surface area contributed by atoms with Crippen molar-refractivity contribution < 1.29 is 9.47 Å². The highest BCUT2D eigenvalue weighted by Gasteiger charge is 2.30. The predicted molar refractivity (Wildman–Crippen MR) is 106 cm³/mol. The maximum atomic E-state index is 5.92. The van der Waals surface area contributed by atoms with Gasteiger partial charge in [0.25, 0.3) is 0 Å². The minimum atomic E-state index is 0.292. The van der Waals surface area contributed by atoms with Gasteiger partial charge in [0.05, 0.1) is 12.3 Å². The van der Waals surface area contributed by atoms with E-state index in [0.717, 1.165) is 30.7 Å². The van der Waals surface area contributed by atoms with Gasteiger partial charge in [-0.05, 0) is 50.3 Å². The molecule has 1 aliphatic heterocycles. The molecule has 1 aliphatic carbocycles. The maximum Gasteiger partial charge on any atom is 0.138 e. The molecule has 2 aliphatic rings. The van der Waals surface area contributed by atoms with Crippen molar-refractivity contribution in [3.8, 4) is 5.75 Å². The van der Waals surface area contributed by atoms with Crippen LogP contribution in [0.15, 0.2) is 30.0 Å². The second-order valence-electron chi connectivity index (χ2n) is 7.97. The number of aromatic nitrogens is 1. The molecule has 1 aromatic heterocycles. The fourth-order valence-electron chi connectivity index (χ4n) is 3.79. The van der Waals surface area contributed by atoms with Gasteiger partial charge in [-0.2, -0.15) is 0 Å². The van der Waals surface area contributed by atoms with Gasteiger partial charge < -0.3 is 14.4 Å². The number of hydrogen-bond donors (Lipinski definition) is 0. The Balaban J connectivity index is 1.35. The van der Waals surface area contributed by atoms with E-state index in [0.29, 0.717) is 18.1 Å². The molecular formula is C22H34N2O2. The van der Waals surface area contributed by atoms with Crippen LogP contribution in [0, 0.1) is 5.92 Å². The fourth-order valence-corrected chi connectivity index (χ4v) is 3.79. The second-order valence-corrected chi connectivity index (χ2v) is 7.97. The number of rotatable bonds is 8. The van der Waals surface area contributed by atoms with E-state index in [1.165, 1.54) is 38.9 Å². The minimum absolute atomic E-state index is 0.292. The van der Waals surface area contributed by atoms with Crippen LogP contribution in [0.5, 0.6) is 5.75 Å². The third-order valence-electron chi connectivity index (χ3n) is 5.70. The van der Waals surface area contributed by atoms with Gasteiger partial charge in [-0.1, -0.05) is 25.5 Å². The van der Waals surface area contributed by atoms with Crippen LogP contribution in [0.25, 0.3) is 0 Å². The number of aryl methyl sites for hydroxylation is 1. The molecule has 26 heavy (non-hydrogen) atoms. The summed E-state index contributed by atoms with van der Waals surface area (Å²) in [5.41, 5.74) is 2.80. The van der Waals surface area contributed by atoms with E-state index in [1.54, 1.807) is 12.7 Å². The normalized spacial score (nSPS) is 24.1. The SMILES string of the molecule is COC1CC(Oc2ccc(CCCN3CCC=C(C(C)C)CC3)nc2)C1. The molecule has 4 nitrogen and oxygen atoms in total. The van der Waals surface area contributed by atoms with Crippen molar-refractivity contribution >= 4 is 0 Å². The van der Waals surface area contributed by atoms with E-state index >= 15 is 0 Å². The fraction of sp³-hybridized carbons (Fsp3) is 0.682. The monoisotopic (exact) mass is 358 g/mol. The van der Waals surface area contributed by atoms with Gasteiger partial charge in [-0.3, -0.25) is 4.98 Å². The summed E-state index contributed by atoms with van der Waals surface area (Å²) >= 11 is 0. The molecule has 0 unspecified atom stereocenters. The number of pyridine rings is 1.